The van der Waals surface area contributed by atoms with Gasteiger partial charge in [0.2, 0.25) is 0 Å². The molecule has 2 bridgehead atoms. The Morgan fingerprint density at radius 2 is 1.89 bits per heavy atom. The van der Waals surface area contributed by atoms with E-state index < -0.39 is 5.97 Å². The largest absolute Gasteiger partial charge is 0.426 e. The Morgan fingerprint density at radius 1 is 1.17 bits per heavy atom. The number of rotatable bonds is 5. The molecule has 0 saturated carbocycles. The van der Waals surface area contributed by atoms with Crippen molar-refractivity contribution in [3.8, 4) is 10.6 Å². The number of ether oxygens (including phenoxy) is 2. The molecule has 3 heterocycles. The fraction of sp³-hybridized carbons (Fsp3) is 0.321. The Hall–Kier alpha value is -2.32. The van der Waals surface area contributed by atoms with E-state index in [0.29, 0.717) is 27.6 Å². The molecule has 3 aliphatic rings. The van der Waals surface area contributed by atoms with Crippen LogP contribution in [0.3, 0.4) is 0 Å². The van der Waals surface area contributed by atoms with Gasteiger partial charge >= 0.3 is 5.97 Å². The van der Waals surface area contributed by atoms with E-state index in [-0.39, 0.29) is 29.8 Å². The lowest BCUT2D eigenvalue weighted by molar-refractivity contribution is -0.118. The number of aromatic nitrogens is 1. The number of carbonyl (C=O) groups is 2. The van der Waals surface area contributed by atoms with Crippen LogP contribution in [0.1, 0.15) is 46.3 Å². The number of aryl methyl sites for hydroxylation is 2. The number of hydrogen-bond acceptors (Lipinski definition) is 6. The normalized spacial score (nSPS) is 24.5. The molecule has 0 radical (unpaired) electrons. The molecule has 0 N–H and O–H groups in total. The summed E-state index contributed by atoms with van der Waals surface area (Å²) >= 11 is 11.1. The summed E-state index contributed by atoms with van der Waals surface area (Å²) in [6.07, 6.45) is 2.17. The second-order valence-corrected chi connectivity index (χ2v) is 11.9. The molecule has 2 aliphatic heterocycles. The van der Waals surface area contributed by atoms with E-state index in [0.717, 1.165) is 44.7 Å². The molecule has 1 aliphatic carbocycles. The van der Waals surface area contributed by atoms with Gasteiger partial charge in [-0.25, -0.2) is 9.78 Å². The molecule has 5 nitrogen and oxygen atoms in total. The monoisotopic (exact) mass is 583 g/mol. The number of fused-ring (bicyclic) bond motifs is 5. The first kappa shape index (κ1) is 24.0. The average Bonchev–Trinajstić information content (AvgIpc) is 3.62. The second-order valence-electron chi connectivity index (χ2n) is 9.45. The summed E-state index contributed by atoms with van der Waals surface area (Å²) in [5.41, 5.74) is 3.58. The Labute approximate surface area is 226 Å². The quantitative estimate of drug-likeness (QED) is 0.301. The number of Topliss-reactive ketones (excluding diaryl/α,β-unsaturated/α-hetero) is 1. The number of thiazole rings is 1. The molecule has 2 saturated heterocycles. The average molecular weight is 585 g/mol. The zero-order valence-corrected chi connectivity index (χ0v) is 22.9. The van der Waals surface area contributed by atoms with E-state index in [2.05, 4.69) is 28.9 Å². The van der Waals surface area contributed by atoms with Crippen LogP contribution in [-0.4, -0.2) is 28.9 Å². The van der Waals surface area contributed by atoms with Crippen LogP contribution in [0.4, 0.5) is 0 Å². The lowest BCUT2D eigenvalue weighted by Gasteiger charge is -2.21. The number of nitrogens with zero attached hydrogens (tertiary/aromatic N) is 1. The van der Waals surface area contributed by atoms with E-state index in [4.69, 9.17) is 26.1 Å². The third kappa shape index (κ3) is 3.88. The van der Waals surface area contributed by atoms with Gasteiger partial charge in [-0.05, 0) is 68.1 Å². The summed E-state index contributed by atoms with van der Waals surface area (Å²) in [6, 6.07) is 12.7. The molecule has 3 aromatic rings. The van der Waals surface area contributed by atoms with Gasteiger partial charge < -0.3 is 9.47 Å². The molecule has 0 amide bonds. The van der Waals surface area contributed by atoms with Gasteiger partial charge in [-0.15, -0.1) is 11.3 Å². The van der Waals surface area contributed by atoms with Crippen LogP contribution in [-0.2, 0) is 20.7 Å². The Morgan fingerprint density at radius 3 is 2.58 bits per heavy atom. The molecule has 0 unspecified atom stereocenters. The van der Waals surface area contributed by atoms with Crippen molar-refractivity contribution in [3.63, 3.8) is 0 Å². The van der Waals surface area contributed by atoms with Gasteiger partial charge in [0.05, 0.1) is 40.9 Å². The minimum absolute atomic E-state index is 0.0230. The minimum atomic E-state index is -0.507. The minimum Gasteiger partial charge on any atom is -0.426 e. The summed E-state index contributed by atoms with van der Waals surface area (Å²) < 4.78 is 13.2. The molecular formula is C28H23BrClNO4S. The van der Waals surface area contributed by atoms with Gasteiger partial charge in [-0.2, -0.15) is 0 Å². The third-order valence-electron chi connectivity index (χ3n) is 7.33. The number of halogens is 2. The van der Waals surface area contributed by atoms with E-state index in [1.54, 1.807) is 35.6 Å². The number of ketones is 1. The second kappa shape index (κ2) is 9.21. The van der Waals surface area contributed by atoms with E-state index >= 15 is 0 Å². The Bertz CT molecular complexity index is 1430. The smallest absolute Gasteiger partial charge is 0.343 e. The van der Waals surface area contributed by atoms with Crippen molar-refractivity contribution in [1.82, 2.24) is 4.98 Å². The van der Waals surface area contributed by atoms with Crippen molar-refractivity contribution < 1.29 is 19.1 Å². The van der Waals surface area contributed by atoms with Crippen molar-refractivity contribution in [2.45, 2.75) is 45.3 Å². The molecule has 2 aromatic carbocycles. The number of benzene rings is 2. The summed E-state index contributed by atoms with van der Waals surface area (Å²) in [4.78, 5) is 33.1. The lowest BCUT2D eigenvalue weighted by Crippen LogP contribution is -2.29. The zero-order chi connectivity index (χ0) is 25.1. The van der Waals surface area contributed by atoms with Crippen LogP contribution in [0.2, 0.25) is 5.02 Å². The van der Waals surface area contributed by atoms with Crippen molar-refractivity contribution in [2.75, 3.05) is 0 Å². The van der Waals surface area contributed by atoms with Gasteiger partial charge in [-0.1, -0.05) is 40.5 Å². The number of carbonyl (C=O) groups excluding carboxylic acids is 2. The molecule has 4 atom stereocenters. The highest BCUT2D eigenvalue weighted by atomic mass is 79.9. The van der Waals surface area contributed by atoms with Crippen LogP contribution in [0, 0.1) is 18.8 Å². The molecule has 8 heteroatoms. The first-order valence-electron chi connectivity index (χ1n) is 12.0. The van der Waals surface area contributed by atoms with E-state index in [1.165, 1.54) is 0 Å². The first-order chi connectivity index (χ1) is 17.4. The van der Waals surface area contributed by atoms with Gasteiger partial charge in [0, 0.05) is 19.9 Å². The molecule has 6 rings (SSSR count). The fourth-order valence-electron chi connectivity index (χ4n) is 5.66. The van der Waals surface area contributed by atoms with E-state index in [9.17, 15) is 9.59 Å². The number of hydrogen-bond donors (Lipinski definition) is 0. The topological polar surface area (TPSA) is 65.5 Å². The maximum Gasteiger partial charge on any atom is 0.343 e. The highest BCUT2D eigenvalue weighted by Crippen LogP contribution is 2.55. The Balaban J connectivity index is 1.47. The standard InChI is InChI=1S/C28H23BrClNO4S/c1-3-20-24(31-27(36-20)17-9-6-15(29)12-13(17)2)23-25(32)21-18-10-11-19(34-18)22(21)26(23)35-28(33)14-4-7-16(30)8-5-14/h4-9,12,18-19,21-22H,3,10-11H2,1-2H3/t18-,19+,21-,22+/m1/s1. The highest BCUT2D eigenvalue weighted by Gasteiger charge is 2.60. The maximum absolute atomic E-state index is 13.9. The highest BCUT2D eigenvalue weighted by molar-refractivity contribution is 9.10. The van der Waals surface area contributed by atoms with Gasteiger partial charge in [0.1, 0.15) is 10.8 Å². The molecule has 0 spiro atoms. The van der Waals surface area contributed by atoms with Gasteiger partial charge in [-0.3, -0.25) is 4.79 Å². The Kier molecular flexibility index (Phi) is 6.15. The summed E-state index contributed by atoms with van der Waals surface area (Å²) in [5, 5.41) is 1.39. The van der Waals surface area contributed by atoms with E-state index in [1.807, 2.05) is 19.1 Å². The lowest BCUT2D eigenvalue weighted by atomic mass is 9.80. The van der Waals surface area contributed by atoms with Gasteiger partial charge in [0.25, 0.3) is 0 Å². The molecule has 2 fully saturated rings. The van der Waals surface area contributed by atoms with Crippen molar-refractivity contribution in [1.29, 1.82) is 0 Å². The molecule has 1 aromatic heterocycles. The van der Waals surface area contributed by atoms with Crippen molar-refractivity contribution in [3.05, 3.63) is 79.4 Å². The predicted octanol–water partition coefficient (Wildman–Crippen LogP) is 7.04. The molecular weight excluding hydrogens is 562 g/mol. The third-order valence-corrected chi connectivity index (χ3v) is 9.31. The van der Waals surface area contributed by atoms with Gasteiger partial charge in [0.15, 0.2) is 5.78 Å². The SMILES string of the molecule is CCc1sc(-c2ccc(Br)cc2C)nc1C1=C(OC(=O)c2ccc(Cl)cc2)[C@@H]2[C@H](C1=O)[C@H]1CC[C@@H]2O1. The number of allylic oxidation sites excluding steroid dienone is 1. The van der Waals surface area contributed by atoms with Crippen molar-refractivity contribution >= 4 is 56.2 Å². The summed E-state index contributed by atoms with van der Waals surface area (Å²) in [7, 11) is 0. The van der Waals surface area contributed by atoms with Crippen LogP contribution < -0.4 is 0 Å². The molecule has 184 valence electrons. The maximum atomic E-state index is 13.9. The number of esters is 1. The van der Waals surface area contributed by atoms with Crippen LogP contribution >= 0.6 is 38.9 Å². The van der Waals surface area contributed by atoms with Crippen LogP contribution in [0.15, 0.2) is 52.7 Å². The van der Waals surface area contributed by atoms with Crippen LogP contribution in [0.5, 0.6) is 0 Å². The predicted molar refractivity (Wildman–Crippen MR) is 143 cm³/mol. The fourth-order valence-corrected chi connectivity index (χ4v) is 7.36. The summed E-state index contributed by atoms with van der Waals surface area (Å²) in [5.74, 6) is -0.697. The first-order valence-corrected chi connectivity index (χ1v) is 14.0. The van der Waals surface area contributed by atoms with Crippen LogP contribution in [0.25, 0.3) is 16.1 Å². The summed E-state index contributed by atoms with van der Waals surface area (Å²) in [6.45, 7) is 4.10. The zero-order valence-electron chi connectivity index (χ0n) is 19.7. The molecule has 36 heavy (non-hydrogen) atoms. The van der Waals surface area contributed by atoms with Crippen molar-refractivity contribution in [2.24, 2.45) is 11.8 Å².